The fraction of sp³-hybridized carbons (Fsp3) is 0.750. The van der Waals surface area contributed by atoms with Gasteiger partial charge >= 0.3 is 5.97 Å². The molecule has 1 rings (SSSR count). The minimum absolute atomic E-state index is 0.00984. The van der Waals surface area contributed by atoms with Crippen molar-refractivity contribution < 1.29 is 9.53 Å². The first-order chi connectivity index (χ1) is 4.35. The molecule has 0 aliphatic carbocycles. The molecule has 6 heteroatoms. The normalized spacial score (nSPS) is 27.8. The monoisotopic (exact) mass is 134 g/mol. The molecular weight excluding hydrogens is 123 g/mol. The summed E-state index contributed by atoms with van der Waals surface area (Å²) in [6, 6.07) is 0. The SMILES string of the molecule is BC1(B)CC(=O)OC1(B)B. The van der Waals surface area contributed by atoms with E-state index in [-0.39, 0.29) is 16.6 Å². The predicted octanol–water partition coefficient (Wildman–Crippen LogP) is -3.76. The van der Waals surface area contributed by atoms with Gasteiger partial charge in [0.1, 0.15) is 31.4 Å². The van der Waals surface area contributed by atoms with E-state index in [1.807, 2.05) is 15.7 Å². The number of ether oxygens (including phenoxy) is 1. The first kappa shape index (κ1) is 7.83. The summed E-state index contributed by atoms with van der Waals surface area (Å²) in [6.07, 6.45) is 0.542. The van der Waals surface area contributed by atoms with Gasteiger partial charge in [-0.3, -0.25) is 4.79 Å². The van der Waals surface area contributed by atoms with Gasteiger partial charge in [0.2, 0.25) is 0 Å². The molecule has 0 aromatic carbocycles. The number of hydrogen-bond donors (Lipinski definition) is 0. The maximum absolute atomic E-state index is 10.9. The third kappa shape index (κ3) is 0.998. The van der Waals surface area contributed by atoms with Crippen LogP contribution in [0, 0.1) is 0 Å². The summed E-state index contributed by atoms with van der Waals surface area (Å²) in [7, 11) is 8.02. The first-order valence-corrected chi connectivity index (χ1v) is 3.57. The van der Waals surface area contributed by atoms with Crippen LogP contribution in [0.1, 0.15) is 6.42 Å². The van der Waals surface area contributed by atoms with Gasteiger partial charge in [0.05, 0.1) is 0 Å². The summed E-state index contributed by atoms with van der Waals surface area (Å²) < 4.78 is 5.12. The molecule has 2 nitrogen and oxygen atoms in total. The van der Waals surface area contributed by atoms with Gasteiger partial charge in [-0.1, -0.05) is 5.21 Å². The Morgan fingerprint density at radius 1 is 1.30 bits per heavy atom. The van der Waals surface area contributed by atoms with Crippen molar-refractivity contribution >= 4 is 37.4 Å². The lowest BCUT2D eigenvalue weighted by atomic mass is 9.35. The van der Waals surface area contributed by atoms with Gasteiger partial charge in [-0.05, 0) is 0 Å². The van der Waals surface area contributed by atoms with Crippen molar-refractivity contribution in [3.8, 4) is 0 Å². The van der Waals surface area contributed by atoms with Gasteiger partial charge in [0, 0.05) is 11.8 Å². The van der Waals surface area contributed by atoms with Crippen LogP contribution in [-0.2, 0) is 9.53 Å². The molecule has 1 fully saturated rings. The molecule has 1 aliphatic heterocycles. The minimum Gasteiger partial charge on any atom is -0.479 e. The number of esters is 1. The topological polar surface area (TPSA) is 26.3 Å². The number of hydrogen-bond acceptors (Lipinski definition) is 2. The summed E-state index contributed by atoms with van der Waals surface area (Å²) in [6.45, 7) is 0. The lowest BCUT2D eigenvalue weighted by Gasteiger charge is -2.32. The zero-order valence-corrected chi connectivity index (χ0v) is 7.02. The van der Waals surface area contributed by atoms with Crippen LogP contribution in [0.15, 0.2) is 0 Å². The highest BCUT2D eigenvalue weighted by Crippen LogP contribution is 2.40. The first-order valence-electron chi connectivity index (χ1n) is 3.57. The Labute approximate surface area is 64.7 Å². The summed E-state index contributed by atoms with van der Waals surface area (Å²) >= 11 is 0. The van der Waals surface area contributed by atoms with E-state index >= 15 is 0 Å². The van der Waals surface area contributed by atoms with E-state index in [0.717, 1.165) is 0 Å². The van der Waals surface area contributed by atoms with Crippen molar-refractivity contribution in [1.29, 1.82) is 0 Å². The molecule has 0 bridgehead atoms. The fourth-order valence-corrected chi connectivity index (χ4v) is 1.03. The van der Waals surface area contributed by atoms with E-state index < -0.39 is 0 Å². The van der Waals surface area contributed by atoms with Crippen LogP contribution in [0.25, 0.3) is 0 Å². The zero-order valence-electron chi connectivity index (χ0n) is 7.02. The van der Waals surface area contributed by atoms with Crippen LogP contribution in [0.4, 0.5) is 0 Å². The summed E-state index contributed by atoms with van der Waals surface area (Å²) in [5.74, 6) is -0.0741. The molecule has 1 aliphatic rings. The molecule has 0 atom stereocenters. The van der Waals surface area contributed by atoms with Crippen LogP contribution in [0.3, 0.4) is 0 Å². The Bertz CT molecular complexity index is 158. The zero-order chi connectivity index (χ0) is 7.99. The van der Waals surface area contributed by atoms with E-state index in [4.69, 9.17) is 4.74 Å². The summed E-state index contributed by atoms with van der Waals surface area (Å²) in [4.78, 5) is 10.9. The smallest absolute Gasteiger partial charge is 0.303 e. The Hall–Kier alpha value is -0.270. The Balaban J connectivity index is 2.88. The number of carbonyl (C=O) groups is 1. The number of rotatable bonds is 0. The second-order valence-electron chi connectivity index (χ2n) is 4.05. The Morgan fingerprint density at radius 2 is 1.80 bits per heavy atom. The lowest BCUT2D eigenvalue weighted by molar-refractivity contribution is -0.140. The van der Waals surface area contributed by atoms with Gasteiger partial charge in [0.15, 0.2) is 0 Å². The van der Waals surface area contributed by atoms with Crippen molar-refractivity contribution in [3.05, 3.63) is 0 Å². The molecule has 0 spiro atoms. The molecule has 0 aromatic heterocycles. The molecule has 0 saturated carbocycles. The molecule has 1 saturated heterocycles. The molecular formula is C4H10B4O2. The average molecular weight is 133 g/mol. The van der Waals surface area contributed by atoms with E-state index in [2.05, 4.69) is 15.7 Å². The molecule has 0 N–H and O–H groups in total. The second kappa shape index (κ2) is 1.86. The van der Waals surface area contributed by atoms with Crippen molar-refractivity contribution in [2.24, 2.45) is 0 Å². The van der Waals surface area contributed by atoms with Crippen LogP contribution in [0.2, 0.25) is 5.21 Å². The molecule has 10 heavy (non-hydrogen) atoms. The third-order valence-corrected chi connectivity index (χ3v) is 2.59. The lowest BCUT2D eigenvalue weighted by Crippen LogP contribution is -2.42. The molecule has 0 radical (unpaired) electrons. The standard InChI is InChI=1S/C4H10B4O2/c5-3(6)1-2(9)10-4(3,7)8/h1,5-8H2. The Morgan fingerprint density at radius 3 is 1.90 bits per heavy atom. The van der Waals surface area contributed by atoms with Crippen LogP contribution in [0.5, 0.6) is 0 Å². The van der Waals surface area contributed by atoms with Crippen molar-refractivity contribution in [1.82, 2.24) is 0 Å². The van der Waals surface area contributed by atoms with Crippen LogP contribution < -0.4 is 0 Å². The van der Waals surface area contributed by atoms with Gasteiger partial charge in [-0.25, -0.2) is 0 Å². The summed E-state index contributed by atoms with van der Waals surface area (Å²) in [5, 5.41) is -0.297. The van der Waals surface area contributed by atoms with Gasteiger partial charge in [-0.15, -0.1) is 0 Å². The quantitative estimate of drug-likeness (QED) is 0.251. The van der Waals surface area contributed by atoms with Crippen molar-refractivity contribution in [2.75, 3.05) is 0 Å². The summed E-state index contributed by atoms with van der Waals surface area (Å²) in [5.41, 5.74) is 0. The number of carbonyl (C=O) groups excluding carboxylic acids is 1. The molecule has 0 unspecified atom stereocenters. The van der Waals surface area contributed by atoms with Crippen LogP contribution in [-0.4, -0.2) is 42.8 Å². The average Bonchev–Trinajstić information content (AvgIpc) is 1.73. The maximum atomic E-state index is 10.9. The van der Waals surface area contributed by atoms with Gasteiger partial charge in [-0.2, -0.15) is 0 Å². The van der Waals surface area contributed by atoms with E-state index in [1.54, 1.807) is 0 Å². The minimum atomic E-state index is -0.288. The molecule has 0 amide bonds. The van der Waals surface area contributed by atoms with Crippen LogP contribution >= 0.6 is 0 Å². The van der Waals surface area contributed by atoms with Gasteiger partial charge in [0.25, 0.3) is 0 Å². The fourth-order valence-electron chi connectivity index (χ4n) is 1.03. The highest BCUT2D eigenvalue weighted by Gasteiger charge is 2.46. The largest absolute Gasteiger partial charge is 0.479 e. The highest BCUT2D eigenvalue weighted by atomic mass is 16.6. The third-order valence-electron chi connectivity index (χ3n) is 2.59. The van der Waals surface area contributed by atoms with Crippen molar-refractivity contribution in [3.63, 3.8) is 0 Å². The molecule has 0 aromatic rings. The van der Waals surface area contributed by atoms with Gasteiger partial charge < -0.3 is 4.74 Å². The van der Waals surface area contributed by atoms with E-state index in [1.165, 1.54) is 0 Å². The predicted molar refractivity (Wildman–Crippen MR) is 50.3 cm³/mol. The molecule has 50 valence electrons. The maximum Gasteiger partial charge on any atom is 0.303 e. The van der Waals surface area contributed by atoms with E-state index in [9.17, 15) is 4.79 Å². The number of cyclic esters (lactones) is 1. The molecule has 1 heterocycles. The second-order valence-corrected chi connectivity index (χ2v) is 4.05. The highest BCUT2D eigenvalue weighted by molar-refractivity contribution is 6.55. The van der Waals surface area contributed by atoms with E-state index in [0.29, 0.717) is 6.42 Å². The Kier molecular flexibility index (Phi) is 1.46. The van der Waals surface area contributed by atoms with Crippen molar-refractivity contribution in [2.45, 2.75) is 17.0 Å².